The second-order valence-corrected chi connectivity index (χ2v) is 10.7. The van der Waals surface area contributed by atoms with Gasteiger partial charge in [0.15, 0.2) is 17.3 Å². The molecule has 4 heterocycles. The number of carbonyl (C=O) groups excluding carboxylic acids is 1. The number of carbonyl (C=O) groups is 1. The Balaban J connectivity index is 1.28. The zero-order valence-electron chi connectivity index (χ0n) is 21.8. The summed E-state index contributed by atoms with van der Waals surface area (Å²) in [5.74, 6) is 2.39. The average Bonchev–Trinajstić information content (AvgIpc) is 3.73. The summed E-state index contributed by atoms with van der Waals surface area (Å²) in [5.41, 5.74) is 5.69. The van der Waals surface area contributed by atoms with Gasteiger partial charge < -0.3 is 28.8 Å². The molecule has 4 aromatic rings. The number of aryl methyl sites for hydroxylation is 2. The van der Waals surface area contributed by atoms with Gasteiger partial charge in [0.05, 0.1) is 24.4 Å². The van der Waals surface area contributed by atoms with Gasteiger partial charge in [-0.2, -0.15) is 0 Å². The molecule has 1 aliphatic carbocycles. The van der Waals surface area contributed by atoms with E-state index >= 15 is 0 Å². The normalized spacial score (nSPS) is 16.6. The van der Waals surface area contributed by atoms with Gasteiger partial charge in [0.2, 0.25) is 6.79 Å². The van der Waals surface area contributed by atoms with E-state index in [0.29, 0.717) is 43.2 Å². The van der Waals surface area contributed by atoms with E-state index in [-0.39, 0.29) is 18.8 Å². The molecule has 2 aliphatic heterocycles. The SMILES string of the molecule is O=C(c1ccco1)N(Cc1ccc2c(c1)OCO2)Cc1cc2cc3c(cc2nc1N1CCC(O)CC1)CCC3. The van der Waals surface area contributed by atoms with Crippen LogP contribution in [0.25, 0.3) is 10.9 Å². The number of rotatable bonds is 6. The quantitative estimate of drug-likeness (QED) is 0.385. The van der Waals surface area contributed by atoms with Crippen molar-refractivity contribution in [3.8, 4) is 11.5 Å². The highest BCUT2D eigenvalue weighted by atomic mass is 16.7. The minimum atomic E-state index is -0.281. The van der Waals surface area contributed by atoms with Crippen molar-refractivity contribution in [1.29, 1.82) is 0 Å². The third-order valence-corrected chi connectivity index (χ3v) is 8.04. The van der Waals surface area contributed by atoms with Gasteiger partial charge >= 0.3 is 0 Å². The van der Waals surface area contributed by atoms with E-state index in [1.165, 1.54) is 23.8 Å². The number of anilines is 1. The molecule has 8 heteroatoms. The Bertz CT molecular complexity index is 1530. The second-order valence-electron chi connectivity index (χ2n) is 10.7. The molecule has 0 bridgehead atoms. The number of piperidine rings is 1. The zero-order chi connectivity index (χ0) is 26.3. The van der Waals surface area contributed by atoms with Crippen LogP contribution in [0.15, 0.2) is 59.2 Å². The van der Waals surface area contributed by atoms with Gasteiger partial charge in [-0.15, -0.1) is 0 Å². The van der Waals surface area contributed by atoms with E-state index in [2.05, 4.69) is 23.1 Å². The Hall–Kier alpha value is -4.04. The summed E-state index contributed by atoms with van der Waals surface area (Å²) in [7, 11) is 0. The fourth-order valence-corrected chi connectivity index (χ4v) is 5.97. The first-order valence-electron chi connectivity index (χ1n) is 13.7. The summed E-state index contributed by atoms with van der Waals surface area (Å²) in [5, 5.41) is 11.2. The van der Waals surface area contributed by atoms with E-state index in [1.807, 2.05) is 18.2 Å². The molecule has 200 valence electrons. The zero-order valence-corrected chi connectivity index (χ0v) is 21.8. The van der Waals surface area contributed by atoms with Crippen molar-refractivity contribution in [3.63, 3.8) is 0 Å². The number of amides is 1. The molecule has 0 unspecified atom stereocenters. The molecule has 2 aromatic carbocycles. The minimum absolute atomic E-state index is 0.188. The molecule has 0 saturated carbocycles. The maximum absolute atomic E-state index is 13.7. The van der Waals surface area contributed by atoms with Crippen molar-refractivity contribution in [2.75, 3.05) is 24.8 Å². The predicted molar refractivity (Wildman–Crippen MR) is 146 cm³/mol. The molecule has 1 amide bonds. The molecule has 1 fully saturated rings. The maximum atomic E-state index is 13.7. The molecule has 3 aliphatic rings. The van der Waals surface area contributed by atoms with Gasteiger partial charge in [0.25, 0.3) is 5.91 Å². The standard InChI is InChI=1S/C31H31N3O5/c35-25-8-10-33(11-9-25)30-24(15-23-14-21-3-1-4-22(21)16-26(23)32-30)18-34(31(36)28-5-2-12-37-28)17-20-6-7-27-29(13-20)39-19-38-27/h2,5-7,12-16,25,35H,1,3-4,8-11,17-19H2. The number of benzene rings is 2. The average molecular weight is 526 g/mol. The number of aliphatic hydroxyl groups is 1. The van der Waals surface area contributed by atoms with Gasteiger partial charge in [0, 0.05) is 30.6 Å². The molecule has 1 saturated heterocycles. The van der Waals surface area contributed by atoms with E-state index in [9.17, 15) is 9.90 Å². The van der Waals surface area contributed by atoms with Crippen molar-refractivity contribution >= 4 is 22.6 Å². The lowest BCUT2D eigenvalue weighted by molar-refractivity contribution is 0.0697. The number of pyridine rings is 1. The van der Waals surface area contributed by atoms with Crippen LogP contribution in [-0.4, -0.2) is 46.9 Å². The Morgan fingerprint density at radius 3 is 2.64 bits per heavy atom. The van der Waals surface area contributed by atoms with Crippen LogP contribution >= 0.6 is 0 Å². The Morgan fingerprint density at radius 1 is 1.00 bits per heavy atom. The molecular weight excluding hydrogens is 494 g/mol. The van der Waals surface area contributed by atoms with E-state index < -0.39 is 0 Å². The van der Waals surface area contributed by atoms with Gasteiger partial charge in [0.1, 0.15) is 5.82 Å². The van der Waals surface area contributed by atoms with Crippen LogP contribution in [-0.2, 0) is 25.9 Å². The lowest BCUT2D eigenvalue weighted by atomic mass is 10.0. The van der Waals surface area contributed by atoms with Gasteiger partial charge in [-0.25, -0.2) is 4.98 Å². The minimum Gasteiger partial charge on any atom is -0.459 e. The van der Waals surface area contributed by atoms with Crippen molar-refractivity contribution in [1.82, 2.24) is 9.88 Å². The summed E-state index contributed by atoms with van der Waals surface area (Å²) >= 11 is 0. The number of hydrogen-bond donors (Lipinski definition) is 1. The van der Waals surface area contributed by atoms with E-state index in [4.69, 9.17) is 18.9 Å². The second kappa shape index (κ2) is 9.93. The predicted octanol–water partition coefficient (Wildman–Crippen LogP) is 4.85. The number of hydrogen-bond acceptors (Lipinski definition) is 7. The topological polar surface area (TPSA) is 88.3 Å². The summed E-state index contributed by atoms with van der Waals surface area (Å²) in [6.45, 7) is 2.39. The lowest BCUT2D eigenvalue weighted by Crippen LogP contribution is -2.38. The highest BCUT2D eigenvalue weighted by molar-refractivity contribution is 5.91. The fourth-order valence-electron chi connectivity index (χ4n) is 5.97. The molecule has 8 nitrogen and oxygen atoms in total. The van der Waals surface area contributed by atoms with E-state index in [0.717, 1.165) is 53.8 Å². The van der Waals surface area contributed by atoms with Crippen LogP contribution in [0.4, 0.5) is 5.82 Å². The highest BCUT2D eigenvalue weighted by Crippen LogP contribution is 2.35. The monoisotopic (exact) mass is 525 g/mol. The molecule has 0 spiro atoms. The number of aromatic nitrogens is 1. The lowest BCUT2D eigenvalue weighted by Gasteiger charge is -2.33. The Kier molecular flexibility index (Phi) is 6.12. The molecule has 2 aromatic heterocycles. The molecule has 39 heavy (non-hydrogen) atoms. The maximum Gasteiger partial charge on any atom is 0.290 e. The van der Waals surface area contributed by atoms with Crippen LogP contribution in [0, 0.1) is 0 Å². The molecule has 0 radical (unpaired) electrons. The van der Waals surface area contributed by atoms with Crippen molar-refractivity contribution < 1.29 is 23.8 Å². The Labute approximate surface area is 226 Å². The molecule has 1 N–H and O–H groups in total. The van der Waals surface area contributed by atoms with Crippen LogP contribution in [0.1, 0.15) is 52.1 Å². The largest absolute Gasteiger partial charge is 0.459 e. The summed E-state index contributed by atoms with van der Waals surface area (Å²) in [4.78, 5) is 22.9. The third-order valence-electron chi connectivity index (χ3n) is 8.04. The third kappa shape index (κ3) is 4.69. The fraction of sp³-hybridized carbons (Fsp3) is 0.355. The molecule has 7 rings (SSSR count). The molecular formula is C31H31N3O5. The summed E-state index contributed by atoms with van der Waals surface area (Å²) < 4.78 is 16.6. The number of nitrogens with zero attached hydrogens (tertiary/aromatic N) is 3. The number of furan rings is 1. The van der Waals surface area contributed by atoms with Gasteiger partial charge in [-0.3, -0.25) is 4.79 Å². The number of fused-ring (bicyclic) bond motifs is 3. The number of ether oxygens (including phenoxy) is 2. The smallest absolute Gasteiger partial charge is 0.290 e. The van der Waals surface area contributed by atoms with Crippen LogP contribution in [0.2, 0.25) is 0 Å². The van der Waals surface area contributed by atoms with E-state index in [1.54, 1.807) is 17.0 Å². The van der Waals surface area contributed by atoms with Crippen molar-refractivity contribution in [3.05, 3.63) is 82.8 Å². The van der Waals surface area contributed by atoms with Crippen LogP contribution in [0.3, 0.4) is 0 Å². The first-order valence-corrected chi connectivity index (χ1v) is 13.7. The highest BCUT2D eigenvalue weighted by Gasteiger charge is 2.26. The summed E-state index contributed by atoms with van der Waals surface area (Å²) in [6.07, 6.45) is 6.02. The van der Waals surface area contributed by atoms with Crippen LogP contribution in [0.5, 0.6) is 11.5 Å². The van der Waals surface area contributed by atoms with Crippen molar-refractivity contribution in [2.24, 2.45) is 0 Å². The molecule has 0 atom stereocenters. The van der Waals surface area contributed by atoms with Gasteiger partial charge in [-0.05, 0) is 91.3 Å². The first kappa shape index (κ1) is 24.0. The Morgan fingerprint density at radius 2 is 1.82 bits per heavy atom. The van der Waals surface area contributed by atoms with Gasteiger partial charge in [-0.1, -0.05) is 6.07 Å². The first-order chi connectivity index (χ1) is 19.1. The van der Waals surface area contributed by atoms with Crippen molar-refractivity contribution in [2.45, 2.75) is 51.3 Å². The summed E-state index contributed by atoms with van der Waals surface area (Å²) in [6, 6.07) is 15.9. The number of aliphatic hydroxyl groups excluding tert-OH is 1. The van der Waals surface area contributed by atoms with Crippen LogP contribution < -0.4 is 14.4 Å².